The van der Waals surface area contributed by atoms with E-state index in [2.05, 4.69) is 27.2 Å². The first-order valence-corrected chi connectivity index (χ1v) is 5.97. The second-order valence-electron chi connectivity index (χ2n) is 4.56. The second kappa shape index (κ2) is 4.73. The molecule has 6 nitrogen and oxygen atoms in total. The van der Waals surface area contributed by atoms with Gasteiger partial charge in [-0.1, -0.05) is 13.3 Å². The minimum absolute atomic E-state index is 0.179. The molecule has 0 saturated heterocycles. The second-order valence-corrected chi connectivity index (χ2v) is 4.56. The first-order valence-electron chi connectivity index (χ1n) is 5.97. The summed E-state index contributed by atoms with van der Waals surface area (Å²) in [6, 6.07) is 0.249. The number of hydrogen-bond donors (Lipinski definition) is 2. The van der Waals surface area contributed by atoms with Crippen LogP contribution in [0, 0.1) is 5.41 Å². The molecular weight excluding hydrogens is 218 g/mol. The Morgan fingerprint density at radius 3 is 2.65 bits per heavy atom. The van der Waals surface area contributed by atoms with E-state index in [0.717, 1.165) is 6.54 Å². The van der Waals surface area contributed by atoms with Crippen LogP contribution in [-0.4, -0.2) is 28.6 Å². The third kappa shape index (κ3) is 2.57. The minimum atomic E-state index is 0.179. The fraction of sp³-hybridized carbons (Fsp3) is 0.727. The predicted molar refractivity (Wildman–Crippen MR) is 65.9 cm³/mol. The van der Waals surface area contributed by atoms with E-state index in [-0.39, 0.29) is 12.0 Å². The van der Waals surface area contributed by atoms with Crippen LogP contribution in [0.2, 0.25) is 0 Å². The van der Waals surface area contributed by atoms with Crippen molar-refractivity contribution in [3.05, 3.63) is 0 Å². The van der Waals surface area contributed by atoms with Gasteiger partial charge in [0.25, 0.3) is 0 Å². The van der Waals surface area contributed by atoms with E-state index >= 15 is 0 Å². The largest absolute Gasteiger partial charge is 0.467 e. The summed E-state index contributed by atoms with van der Waals surface area (Å²) in [6.07, 6.45) is 5.04. The Bertz CT molecular complexity index is 386. The summed E-state index contributed by atoms with van der Waals surface area (Å²) in [6.45, 7) is 3.11. The lowest BCUT2D eigenvalue weighted by Gasteiger charge is -2.41. The molecular formula is C11H19N5O. The lowest BCUT2D eigenvalue weighted by molar-refractivity contribution is 0.144. The van der Waals surface area contributed by atoms with Crippen LogP contribution < -0.4 is 15.8 Å². The Kier molecular flexibility index (Phi) is 3.31. The highest BCUT2D eigenvalue weighted by molar-refractivity contribution is 5.32. The average molecular weight is 237 g/mol. The third-order valence-electron chi connectivity index (χ3n) is 3.60. The smallest absolute Gasteiger partial charge is 0.322 e. The monoisotopic (exact) mass is 237 g/mol. The lowest BCUT2D eigenvalue weighted by atomic mass is 9.67. The number of nitrogens with zero attached hydrogens (tertiary/aromatic N) is 3. The van der Waals surface area contributed by atoms with Crippen molar-refractivity contribution in [2.45, 2.75) is 32.6 Å². The molecule has 1 heterocycles. The summed E-state index contributed by atoms with van der Waals surface area (Å²) in [5.41, 5.74) is 5.98. The molecule has 1 saturated carbocycles. The van der Waals surface area contributed by atoms with Gasteiger partial charge in [0, 0.05) is 6.54 Å². The molecule has 0 spiro atoms. The van der Waals surface area contributed by atoms with Gasteiger partial charge in [0.15, 0.2) is 0 Å². The van der Waals surface area contributed by atoms with Gasteiger partial charge >= 0.3 is 6.01 Å². The zero-order valence-corrected chi connectivity index (χ0v) is 10.4. The molecule has 0 aliphatic heterocycles. The molecule has 17 heavy (non-hydrogen) atoms. The molecule has 0 unspecified atom stereocenters. The quantitative estimate of drug-likeness (QED) is 0.806. The summed E-state index contributed by atoms with van der Waals surface area (Å²) in [4.78, 5) is 12.0. The van der Waals surface area contributed by atoms with Crippen molar-refractivity contribution in [1.29, 1.82) is 0 Å². The Morgan fingerprint density at radius 2 is 2.12 bits per heavy atom. The van der Waals surface area contributed by atoms with Gasteiger partial charge in [0.2, 0.25) is 11.9 Å². The van der Waals surface area contributed by atoms with Crippen LogP contribution in [0.5, 0.6) is 6.01 Å². The fourth-order valence-electron chi connectivity index (χ4n) is 2.14. The Labute approximate surface area is 101 Å². The van der Waals surface area contributed by atoms with Crippen LogP contribution in [-0.2, 0) is 0 Å². The van der Waals surface area contributed by atoms with Crippen LogP contribution in [0.25, 0.3) is 0 Å². The Hall–Kier alpha value is -1.59. The van der Waals surface area contributed by atoms with Gasteiger partial charge in [-0.25, -0.2) is 0 Å². The van der Waals surface area contributed by atoms with Crippen molar-refractivity contribution in [2.24, 2.45) is 5.41 Å². The van der Waals surface area contributed by atoms with E-state index in [9.17, 15) is 0 Å². The van der Waals surface area contributed by atoms with Gasteiger partial charge in [0.1, 0.15) is 0 Å². The SMILES string of the molecule is CCC1(CNc2nc(N)nc(OC)n2)CCC1. The summed E-state index contributed by atoms with van der Waals surface area (Å²) >= 11 is 0. The summed E-state index contributed by atoms with van der Waals surface area (Å²) in [7, 11) is 1.51. The number of aromatic nitrogens is 3. The van der Waals surface area contributed by atoms with Gasteiger partial charge in [-0.05, 0) is 24.7 Å². The molecule has 1 fully saturated rings. The topological polar surface area (TPSA) is 86.0 Å². The first-order chi connectivity index (χ1) is 8.17. The van der Waals surface area contributed by atoms with Gasteiger partial charge in [0.05, 0.1) is 7.11 Å². The van der Waals surface area contributed by atoms with Crippen LogP contribution in [0.15, 0.2) is 0 Å². The molecule has 1 aliphatic carbocycles. The molecule has 0 amide bonds. The molecule has 0 bridgehead atoms. The number of ether oxygens (including phenoxy) is 1. The number of rotatable bonds is 5. The molecule has 0 aromatic carbocycles. The highest BCUT2D eigenvalue weighted by Crippen LogP contribution is 2.43. The van der Waals surface area contributed by atoms with E-state index in [1.54, 1.807) is 0 Å². The van der Waals surface area contributed by atoms with Crippen LogP contribution >= 0.6 is 0 Å². The van der Waals surface area contributed by atoms with Crippen LogP contribution in [0.1, 0.15) is 32.6 Å². The molecule has 6 heteroatoms. The Morgan fingerprint density at radius 1 is 1.35 bits per heavy atom. The lowest BCUT2D eigenvalue weighted by Crippen LogP contribution is -2.36. The van der Waals surface area contributed by atoms with Crippen molar-refractivity contribution >= 4 is 11.9 Å². The van der Waals surface area contributed by atoms with E-state index in [4.69, 9.17) is 10.5 Å². The normalized spacial score (nSPS) is 17.3. The molecule has 0 radical (unpaired) electrons. The molecule has 2 rings (SSSR count). The maximum atomic E-state index is 5.57. The molecule has 3 N–H and O–H groups in total. The van der Waals surface area contributed by atoms with E-state index in [1.165, 1.54) is 32.8 Å². The number of hydrogen-bond acceptors (Lipinski definition) is 6. The number of methoxy groups -OCH3 is 1. The zero-order valence-electron chi connectivity index (χ0n) is 10.4. The van der Waals surface area contributed by atoms with Gasteiger partial charge in [-0.3, -0.25) is 0 Å². The van der Waals surface area contributed by atoms with Gasteiger partial charge < -0.3 is 15.8 Å². The first kappa shape index (κ1) is 11.9. The average Bonchev–Trinajstić information content (AvgIpc) is 2.27. The molecule has 1 aromatic rings. The minimum Gasteiger partial charge on any atom is -0.467 e. The van der Waals surface area contributed by atoms with Crippen LogP contribution in [0.4, 0.5) is 11.9 Å². The van der Waals surface area contributed by atoms with Crippen LogP contribution in [0.3, 0.4) is 0 Å². The number of anilines is 2. The van der Waals surface area contributed by atoms with E-state index in [1.807, 2.05) is 0 Å². The molecule has 1 aliphatic rings. The van der Waals surface area contributed by atoms with Crippen molar-refractivity contribution in [3.63, 3.8) is 0 Å². The summed E-state index contributed by atoms with van der Waals surface area (Å²) < 4.78 is 4.95. The fourth-order valence-corrected chi connectivity index (χ4v) is 2.14. The maximum absolute atomic E-state index is 5.57. The highest BCUT2D eigenvalue weighted by Gasteiger charge is 2.34. The third-order valence-corrected chi connectivity index (χ3v) is 3.60. The Balaban J connectivity index is 2.01. The van der Waals surface area contributed by atoms with E-state index < -0.39 is 0 Å². The van der Waals surface area contributed by atoms with Crippen molar-refractivity contribution in [1.82, 2.24) is 15.0 Å². The predicted octanol–water partition coefficient (Wildman–Crippen LogP) is 1.45. The number of nitrogens with two attached hydrogens (primary N) is 1. The summed E-state index contributed by atoms with van der Waals surface area (Å²) in [5.74, 6) is 0.674. The van der Waals surface area contributed by atoms with Gasteiger partial charge in [-0.2, -0.15) is 15.0 Å². The molecule has 94 valence electrons. The molecule has 1 aromatic heterocycles. The molecule has 0 atom stereocenters. The van der Waals surface area contributed by atoms with Crippen molar-refractivity contribution in [2.75, 3.05) is 24.7 Å². The van der Waals surface area contributed by atoms with Crippen molar-refractivity contribution < 1.29 is 4.74 Å². The standard InChI is InChI=1S/C11H19N5O/c1-3-11(5-4-6-11)7-13-9-14-8(12)15-10(16-9)17-2/h3-7H2,1-2H3,(H3,12,13,14,15,16). The zero-order chi connectivity index (χ0) is 12.3. The van der Waals surface area contributed by atoms with Crippen molar-refractivity contribution in [3.8, 4) is 6.01 Å². The summed E-state index contributed by atoms with van der Waals surface area (Å²) in [5, 5.41) is 3.23. The highest BCUT2D eigenvalue weighted by atomic mass is 16.5. The van der Waals surface area contributed by atoms with Gasteiger partial charge in [-0.15, -0.1) is 0 Å². The number of nitrogen functional groups attached to an aromatic ring is 1. The maximum Gasteiger partial charge on any atom is 0.322 e. The number of nitrogens with one attached hydrogen (secondary N) is 1. The van der Waals surface area contributed by atoms with E-state index in [0.29, 0.717) is 11.4 Å².